The van der Waals surface area contributed by atoms with Gasteiger partial charge in [0.25, 0.3) is 10.0 Å². The molecule has 2 aromatic carbocycles. The molecule has 2 aromatic rings. The summed E-state index contributed by atoms with van der Waals surface area (Å²) < 4.78 is 32.0. The summed E-state index contributed by atoms with van der Waals surface area (Å²) in [6.45, 7) is 2.05. The summed E-state index contributed by atoms with van der Waals surface area (Å²) in [5.41, 5.74) is 1.72. The fraction of sp³-hybridized carbons (Fsp3) is 0.200. The van der Waals surface area contributed by atoms with Crippen LogP contribution in [0, 0.1) is 0 Å². The second-order valence-electron chi connectivity index (χ2n) is 4.33. The van der Waals surface area contributed by atoms with Crippen molar-refractivity contribution in [3.8, 4) is 5.75 Å². The molecule has 0 heterocycles. The molecule has 2 rings (SSSR count). The number of hydrogen-bond donors (Lipinski definition) is 1. The summed E-state index contributed by atoms with van der Waals surface area (Å²) in [6.07, 6.45) is 0.922. The third-order valence-corrected chi connectivity index (χ3v) is 4.38. The van der Waals surface area contributed by atoms with Crippen LogP contribution in [-0.4, -0.2) is 15.5 Å². The minimum atomic E-state index is -3.56. The van der Waals surface area contributed by atoms with Gasteiger partial charge in [-0.25, -0.2) is 8.42 Å². The lowest BCUT2D eigenvalue weighted by Crippen LogP contribution is -2.12. The lowest BCUT2D eigenvalue weighted by Gasteiger charge is -2.09. The van der Waals surface area contributed by atoms with Gasteiger partial charge < -0.3 is 4.74 Å². The van der Waals surface area contributed by atoms with Gasteiger partial charge in [0, 0.05) is 5.69 Å². The highest BCUT2D eigenvalue weighted by atomic mass is 32.2. The third-order valence-electron chi connectivity index (χ3n) is 2.98. The molecular weight excluding hydrogens is 274 g/mol. The van der Waals surface area contributed by atoms with Gasteiger partial charge in [0.2, 0.25) is 0 Å². The highest BCUT2D eigenvalue weighted by Gasteiger charge is 2.13. The van der Waals surface area contributed by atoms with Gasteiger partial charge in [0.1, 0.15) is 5.75 Å². The van der Waals surface area contributed by atoms with Crippen LogP contribution in [0.2, 0.25) is 0 Å². The summed E-state index contributed by atoms with van der Waals surface area (Å²) in [5, 5.41) is 0. The molecule has 0 aliphatic rings. The van der Waals surface area contributed by atoms with E-state index < -0.39 is 10.0 Å². The molecule has 0 unspecified atom stereocenters. The first-order valence-electron chi connectivity index (χ1n) is 6.31. The molecule has 0 saturated carbocycles. The maximum absolute atomic E-state index is 12.2. The third kappa shape index (κ3) is 3.30. The van der Waals surface area contributed by atoms with Crippen LogP contribution in [-0.2, 0) is 16.4 Å². The number of benzene rings is 2. The topological polar surface area (TPSA) is 55.4 Å². The zero-order valence-corrected chi connectivity index (χ0v) is 12.3. The van der Waals surface area contributed by atoms with Crippen molar-refractivity contribution in [1.29, 1.82) is 0 Å². The number of rotatable bonds is 5. The Hall–Kier alpha value is -2.01. The predicted octanol–water partition coefficient (Wildman–Crippen LogP) is 3.06. The molecule has 0 radical (unpaired) electrons. The molecule has 4 nitrogen and oxygen atoms in total. The van der Waals surface area contributed by atoms with Gasteiger partial charge >= 0.3 is 0 Å². The van der Waals surface area contributed by atoms with Gasteiger partial charge in [-0.3, -0.25) is 4.72 Å². The van der Waals surface area contributed by atoms with E-state index in [-0.39, 0.29) is 4.90 Å². The van der Waals surface area contributed by atoms with Gasteiger partial charge in [-0.1, -0.05) is 19.1 Å². The Balaban J connectivity index is 2.20. The highest BCUT2D eigenvalue weighted by Crippen LogP contribution is 2.19. The number of nitrogens with one attached hydrogen (secondary N) is 1. The second kappa shape index (κ2) is 5.96. The van der Waals surface area contributed by atoms with Crippen LogP contribution in [0.5, 0.6) is 5.75 Å². The summed E-state index contributed by atoms with van der Waals surface area (Å²) in [7, 11) is -2.02. The van der Waals surface area contributed by atoms with Crippen LogP contribution < -0.4 is 9.46 Å². The molecule has 1 N–H and O–H groups in total. The van der Waals surface area contributed by atoms with Crippen molar-refractivity contribution in [1.82, 2.24) is 0 Å². The molecule has 0 saturated heterocycles. The molecule has 106 valence electrons. The van der Waals surface area contributed by atoms with Crippen molar-refractivity contribution < 1.29 is 13.2 Å². The van der Waals surface area contributed by atoms with Gasteiger partial charge in [0.15, 0.2) is 0 Å². The zero-order valence-electron chi connectivity index (χ0n) is 11.5. The summed E-state index contributed by atoms with van der Waals surface area (Å²) in [6, 6.07) is 13.6. The van der Waals surface area contributed by atoms with E-state index in [0.29, 0.717) is 11.4 Å². The summed E-state index contributed by atoms with van der Waals surface area (Å²) in [4.78, 5) is 0.206. The molecule has 5 heteroatoms. The van der Waals surface area contributed by atoms with Crippen LogP contribution in [0.4, 0.5) is 5.69 Å². The maximum atomic E-state index is 12.2. The Morgan fingerprint density at radius 1 is 1.00 bits per heavy atom. The molecule has 0 fully saturated rings. The molecule has 0 amide bonds. The Labute approximate surface area is 119 Å². The Bertz CT molecular complexity index is 661. The summed E-state index contributed by atoms with van der Waals surface area (Å²) in [5.74, 6) is 0.622. The minimum Gasteiger partial charge on any atom is -0.497 e. The number of hydrogen-bond acceptors (Lipinski definition) is 3. The molecule has 0 bridgehead atoms. The lowest BCUT2D eigenvalue weighted by atomic mass is 10.2. The summed E-state index contributed by atoms with van der Waals surface area (Å²) >= 11 is 0. The van der Waals surface area contributed by atoms with Crippen LogP contribution in [0.25, 0.3) is 0 Å². The predicted molar refractivity (Wildman–Crippen MR) is 79.6 cm³/mol. The van der Waals surface area contributed by atoms with E-state index in [4.69, 9.17) is 4.74 Å². The second-order valence-corrected chi connectivity index (χ2v) is 6.01. The van der Waals surface area contributed by atoms with Crippen molar-refractivity contribution in [3.63, 3.8) is 0 Å². The standard InChI is InChI=1S/C15H17NO3S/c1-3-12-4-6-13(7-5-12)16-20(17,18)15-10-8-14(19-2)9-11-15/h4-11,16H,3H2,1-2H3. The van der Waals surface area contributed by atoms with Crippen LogP contribution in [0.1, 0.15) is 12.5 Å². The smallest absolute Gasteiger partial charge is 0.261 e. The van der Waals surface area contributed by atoms with Crippen LogP contribution in [0.15, 0.2) is 53.4 Å². The average Bonchev–Trinajstić information content (AvgIpc) is 2.48. The van der Waals surface area contributed by atoms with E-state index in [1.807, 2.05) is 12.1 Å². The van der Waals surface area contributed by atoms with E-state index in [1.165, 1.54) is 19.2 Å². The molecule has 0 atom stereocenters. The van der Waals surface area contributed by atoms with E-state index in [9.17, 15) is 8.42 Å². The maximum Gasteiger partial charge on any atom is 0.261 e. The van der Waals surface area contributed by atoms with Gasteiger partial charge in [0.05, 0.1) is 12.0 Å². The minimum absolute atomic E-state index is 0.206. The van der Waals surface area contributed by atoms with Crippen molar-refractivity contribution in [3.05, 3.63) is 54.1 Å². The number of sulfonamides is 1. The van der Waals surface area contributed by atoms with E-state index in [0.717, 1.165) is 12.0 Å². The van der Waals surface area contributed by atoms with Crippen molar-refractivity contribution in [2.24, 2.45) is 0 Å². The number of methoxy groups -OCH3 is 1. The quantitative estimate of drug-likeness (QED) is 0.921. The highest BCUT2D eigenvalue weighted by molar-refractivity contribution is 7.92. The Kier molecular flexibility index (Phi) is 4.29. The van der Waals surface area contributed by atoms with Crippen molar-refractivity contribution in [2.75, 3.05) is 11.8 Å². The molecule has 0 spiro atoms. The van der Waals surface area contributed by atoms with Gasteiger partial charge in [-0.15, -0.1) is 0 Å². The normalized spacial score (nSPS) is 11.1. The van der Waals surface area contributed by atoms with Gasteiger partial charge in [-0.2, -0.15) is 0 Å². The Morgan fingerprint density at radius 3 is 2.10 bits per heavy atom. The zero-order chi connectivity index (χ0) is 14.6. The Morgan fingerprint density at radius 2 is 1.60 bits per heavy atom. The first-order valence-corrected chi connectivity index (χ1v) is 7.79. The van der Waals surface area contributed by atoms with Crippen molar-refractivity contribution in [2.45, 2.75) is 18.2 Å². The average molecular weight is 291 g/mol. The van der Waals surface area contributed by atoms with Gasteiger partial charge in [-0.05, 0) is 48.4 Å². The SMILES string of the molecule is CCc1ccc(NS(=O)(=O)c2ccc(OC)cc2)cc1. The van der Waals surface area contributed by atoms with E-state index >= 15 is 0 Å². The largest absolute Gasteiger partial charge is 0.497 e. The van der Waals surface area contributed by atoms with Crippen LogP contribution >= 0.6 is 0 Å². The molecular formula is C15H17NO3S. The lowest BCUT2D eigenvalue weighted by molar-refractivity contribution is 0.414. The fourth-order valence-corrected chi connectivity index (χ4v) is 2.84. The first kappa shape index (κ1) is 14.4. The van der Waals surface area contributed by atoms with Crippen LogP contribution in [0.3, 0.4) is 0 Å². The fourth-order valence-electron chi connectivity index (χ4n) is 1.78. The van der Waals surface area contributed by atoms with Crippen molar-refractivity contribution >= 4 is 15.7 Å². The molecule has 0 aliphatic carbocycles. The number of anilines is 1. The molecule has 0 aliphatic heterocycles. The number of aryl methyl sites for hydroxylation is 1. The van der Waals surface area contributed by atoms with E-state index in [1.54, 1.807) is 24.3 Å². The first-order chi connectivity index (χ1) is 9.55. The number of ether oxygens (including phenoxy) is 1. The van der Waals surface area contributed by atoms with E-state index in [2.05, 4.69) is 11.6 Å². The molecule has 20 heavy (non-hydrogen) atoms. The monoisotopic (exact) mass is 291 g/mol. The molecule has 0 aromatic heterocycles.